The van der Waals surface area contributed by atoms with Crippen molar-refractivity contribution in [3.05, 3.63) is 47.8 Å². The summed E-state index contributed by atoms with van der Waals surface area (Å²) in [6.07, 6.45) is 18.0. The molecule has 3 fully saturated rings. The van der Waals surface area contributed by atoms with Crippen LogP contribution < -0.4 is 0 Å². The zero-order valence-corrected chi connectivity index (χ0v) is 22.0. The molecule has 0 spiro atoms. The molecule has 0 aliphatic heterocycles. The Morgan fingerprint density at radius 3 is 2.83 bits per heavy atom. The molecule has 6 rings (SSSR count). The Bertz CT molecular complexity index is 1110. The summed E-state index contributed by atoms with van der Waals surface area (Å²) in [5.74, 6) is 4.25. The highest BCUT2D eigenvalue weighted by Crippen LogP contribution is 2.67. The van der Waals surface area contributed by atoms with Gasteiger partial charge in [0.05, 0.1) is 6.10 Å². The summed E-state index contributed by atoms with van der Waals surface area (Å²) in [7, 11) is 0. The van der Waals surface area contributed by atoms with E-state index < -0.39 is 0 Å². The number of allylic oxidation sites excluding steroid dienone is 1. The van der Waals surface area contributed by atoms with Crippen LogP contribution in [0.5, 0.6) is 0 Å². The highest BCUT2D eigenvalue weighted by Gasteiger charge is 2.59. The van der Waals surface area contributed by atoms with Crippen molar-refractivity contribution in [2.75, 3.05) is 0 Å². The van der Waals surface area contributed by atoms with Gasteiger partial charge in [0.25, 0.3) is 0 Å². The first-order chi connectivity index (χ1) is 16.9. The number of aliphatic hydroxyl groups is 1. The summed E-state index contributed by atoms with van der Waals surface area (Å²) in [5.41, 5.74) is 4.54. The van der Waals surface area contributed by atoms with Crippen LogP contribution in [0.1, 0.15) is 90.7 Å². The largest absolute Gasteiger partial charge is 0.393 e. The van der Waals surface area contributed by atoms with Gasteiger partial charge in [-0.1, -0.05) is 38.8 Å². The summed E-state index contributed by atoms with van der Waals surface area (Å²) < 4.78 is 0. The zero-order valence-electron chi connectivity index (χ0n) is 22.0. The molecule has 35 heavy (non-hydrogen) atoms. The maximum atomic E-state index is 10.3. The molecule has 0 saturated heterocycles. The van der Waals surface area contributed by atoms with E-state index in [1.165, 1.54) is 57.1 Å². The highest BCUT2D eigenvalue weighted by atomic mass is 16.3. The van der Waals surface area contributed by atoms with Crippen molar-refractivity contribution in [3.63, 3.8) is 0 Å². The van der Waals surface area contributed by atoms with Crippen molar-refractivity contribution in [1.82, 2.24) is 9.97 Å². The fourth-order valence-electron chi connectivity index (χ4n) is 9.55. The molecular weight excluding hydrogens is 428 g/mol. The van der Waals surface area contributed by atoms with E-state index in [9.17, 15) is 5.11 Å². The number of nitrogens with zero attached hydrogens (tertiary/aromatic N) is 2. The number of aryl methyl sites for hydroxylation is 1. The molecule has 4 aliphatic rings. The van der Waals surface area contributed by atoms with Crippen molar-refractivity contribution in [2.45, 2.75) is 97.5 Å². The molecular formula is C32H44N2O. The molecule has 2 aromatic heterocycles. The minimum absolute atomic E-state index is 0.0995. The van der Waals surface area contributed by atoms with Gasteiger partial charge >= 0.3 is 0 Å². The lowest BCUT2D eigenvalue weighted by molar-refractivity contribution is -0.0572. The fraction of sp³-hybridized carbons (Fsp3) is 0.688. The Morgan fingerprint density at radius 1 is 1.06 bits per heavy atom. The third-order valence-corrected chi connectivity index (χ3v) is 11.5. The van der Waals surface area contributed by atoms with Crippen molar-refractivity contribution in [1.29, 1.82) is 0 Å². The number of pyridine rings is 2. The van der Waals surface area contributed by atoms with Gasteiger partial charge in [0.2, 0.25) is 0 Å². The molecule has 2 aromatic rings. The lowest BCUT2D eigenvalue weighted by Gasteiger charge is -2.58. The zero-order chi connectivity index (χ0) is 24.2. The van der Waals surface area contributed by atoms with Crippen LogP contribution in [0.2, 0.25) is 0 Å². The lowest BCUT2D eigenvalue weighted by Crippen LogP contribution is -2.50. The summed E-state index contributed by atoms with van der Waals surface area (Å²) in [5, 5.41) is 11.4. The van der Waals surface area contributed by atoms with Gasteiger partial charge in [0.15, 0.2) is 5.65 Å². The van der Waals surface area contributed by atoms with Crippen LogP contribution in [0, 0.1) is 40.4 Å². The normalized spacial score (nSPS) is 39.4. The Morgan fingerprint density at radius 2 is 1.94 bits per heavy atom. The Labute approximate surface area is 211 Å². The van der Waals surface area contributed by atoms with Gasteiger partial charge in [-0.05, 0) is 129 Å². The minimum Gasteiger partial charge on any atom is -0.393 e. The van der Waals surface area contributed by atoms with E-state index in [1.807, 2.05) is 12.3 Å². The van der Waals surface area contributed by atoms with Crippen molar-refractivity contribution >= 4 is 11.0 Å². The molecule has 0 aromatic carbocycles. The van der Waals surface area contributed by atoms with Gasteiger partial charge in [0, 0.05) is 17.3 Å². The summed E-state index contributed by atoms with van der Waals surface area (Å²) in [4.78, 5) is 9.25. The van der Waals surface area contributed by atoms with E-state index in [2.05, 4.69) is 50.0 Å². The van der Waals surface area contributed by atoms with Gasteiger partial charge in [-0.3, -0.25) is 0 Å². The predicted octanol–water partition coefficient (Wildman–Crippen LogP) is 7.53. The Balaban J connectivity index is 1.11. The summed E-state index contributed by atoms with van der Waals surface area (Å²) >= 11 is 0. The number of fused-ring (bicyclic) bond motifs is 6. The molecule has 188 valence electrons. The Kier molecular flexibility index (Phi) is 6.06. The second-order valence-corrected chi connectivity index (χ2v) is 13.1. The number of rotatable bonds is 5. The van der Waals surface area contributed by atoms with Crippen LogP contribution in [0.15, 0.2) is 42.1 Å². The molecule has 1 N–H and O–H groups in total. The number of aromatic nitrogens is 2. The third-order valence-electron chi connectivity index (χ3n) is 11.5. The first-order valence-electron chi connectivity index (χ1n) is 14.5. The maximum absolute atomic E-state index is 10.3. The van der Waals surface area contributed by atoms with Crippen LogP contribution in [-0.4, -0.2) is 21.2 Å². The molecule has 8 atom stereocenters. The molecule has 0 unspecified atom stereocenters. The molecule has 3 saturated carbocycles. The molecule has 2 heterocycles. The minimum atomic E-state index is -0.0995. The van der Waals surface area contributed by atoms with Crippen molar-refractivity contribution < 1.29 is 5.11 Å². The molecule has 4 aliphatic carbocycles. The lowest BCUT2D eigenvalue weighted by atomic mass is 9.47. The molecule has 3 nitrogen and oxygen atoms in total. The smallest absolute Gasteiger partial charge is 0.159 e. The SMILES string of the molecule is C[C@H](CCCc1ccc2cccnc2n1)[C@H]1CC[C@H]2[C@@H]3CC=C4C[C@@H](O)CC[C@]4(C)[C@H]3CC[C@]12C. The first kappa shape index (κ1) is 23.6. The van der Waals surface area contributed by atoms with E-state index in [0.29, 0.717) is 10.8 Å². The van der Waals surface area contributed by atoms with E-state index in [-0.39, 0.29) is 6.10 Å². The number of hydrogen-bond donors (Lipinski definition) is 1. The van der Waals surface area contributed by atoms with E-state index in [1.54, 1.807) is 5.57 Å². The van der Waals surface area contributed by atoms with Crippen LogP contribution in [0.4, 0.5) is 0 Å². The van der Waals surface area contributed by atoms with Crippen LogP contribution in [0.3, 0.4) is 0 Å². The van der Waals surface area contributed by atoms with Crippen LogP contribution >= 0.6 is 0 Å². The van der Waals surface area contributed by atoms with Gasteiger partial charge < -0.3 is 5.11 Å². The standard InChI is InChI=1S/C32H44N2O/c1-21(6-4-8-24-11-9-22-7-5-19-33-30(22)34-24)27-13-14-28-26-12-10-23-20-25(35)15-17-31(23,2)29(26)16-18-32(27,28)3/h5,7,9-11,19,21,25-29,35H,4,6,8,12-18,20H2,1-3H3/t21-,25+,26+,27-,28+,29+,31+,32-/m1/s1. The summed E-state index contributed by atoms with van der Waals surface area (Å²) in [6.45, 7) is 7.77. The molecule has 0 radical (unpaired) electrons. The average Bonchev–Trinajstić information content (AvgIpc) is 3.21. The average molecular weight is 473 g/mol. The van der Waals surface area contributed by atoms with Gasteiger partial charge in [-0.15, -0.1) is 0 Å². The number of aliphatic hydroxyl groups excluding tert-OH is 1. The second-order valence-electron chi connectivity index (χ2n) is 13.1. The van der Waals surface area contributed by atoms with Gasteiger partial charge in [-0.25, -0.2) is 9.97 Å². The second kappa shape index (κ2) is 8.98. The van der Waals surface area contributed by atoms with Gasteiger partial charge in [-0.2, -0.15) is 0 Å². The predicted molar refractivity (Wildman–Crippen MR) is 143 cm³/mol. The Hall–Kier alpha value is -1.74. The molecule has 0 bridgehead atoms. The highest BCUT2D eigenvalue weighted by molar-refractivity contribution is 5.74. The first-order valence-corrected chi connectivity index (χ1v) is 14.5. The van der Waals surface area contributed by atoms with Crippen molar-refractivity contribution in [3.8, 4) is 0 Å². The quantitative estimate of drug-likeness (QED) is 0.458. The summed E-state index contributed by atoms with van der Waals surface area (Å²) in [6, 6.07) is 8.44. The fourth-order valence-corrected chi connectivity index (χ4v) is 9.55. The van der Waals surface area contributed by atoms with E-state index in [0.717, 1.165) is 59.9 Å². The number of hydrogen-bond acceptors (Lipinski definition) is 3. The molecule has 3 heteroatoms. The van der Waals surface area contributed by atoms with Crippen molar-refractivity contribution in [2.24, 2.45) is 40.4 Å². The van der Waals surface area contributed by atoms with Crippen LogP contribution in [-0.2, 0) is 6.42 Å². The van der Waals surface area contributed by atoms with Crippen LogP contribution in [0.25, 0.3) is 11.0 Å². The van der Waals surface area contributed by atoms with E-state index >= 15 is 0 Å². The third kappa shape index (κ3) is 3.97. The van der Waals surface area contributed by atoms with E-state index in [4.69, 9.17) is 4.98 Å². The topological polar surface area (TPSA) is 46.0 Å². The molecule has 0 amide bonds. The monoisotopic (exact) mass is 472 g/mol. The van der Waals surface area contributed by atoms with Gasteiger partial charge in [0.1, 0.15) is 0 Å². The maximum Gasteiger partial charge on any atom is 0.159 e.